The molecule has 0 aromatic heterocycles. The molecule has 0 bridgehead atoms. The molecule has 1 amide bonds. The quantitative estimate of drug-likeness (QED) is 0.875. The van der Waals surface area contributed by atoms with E-state index < -0.39 is 6.10 Å². The SMILES string of the molecule is O=C(CCc1ccc(O)cc1)N1CCO[C@@H](CO)[C@@H]1c1ccccc1. The van der Waals surface area contributed by atoms with Gasteiger partial charge in [-0.25, -0.2) is 0 Å². The van der Waals surface area contributed by atoms with Crippen LogP contribution in [0.1, 0.15) is 23.6 Å². The van der Waals surface area contributed by atoms with Crippen LogP contribution in [-0.2, 0) is 16.0 Å². The molecule has 1 heterocycles. The molecule has 2 aromatic rings. The van der Waals surface area contributed by atoms with Crippen molar-refractivity contribution in [2.45, 2.75) is 25.0 Å². The normalized spacial score (nSPS) is 20.4. The number of nitrogens with zero attached hydrogens (tertiary/aromatic N) is 1. The molecule has 25 heavy (non-hydrogen) atoms. The molecule has 5 nitrogen and oxygen atoms in total. The maximum atomic E-state index is 12.8. The lowest BCUT2D eigenvalue weighted by Crippen LogP contribution is -2.49. The number of ether oxygens (including phenoxy) is 1. The topological polar surface area (TPSA) is 70.0 Å². The number of morpholine rings is 1. The van der Waals surface area contributed by atoms with Gasteiger partial charge in [0.15, 0.2) is 0 Å². The minimum atomic E-state index is -0.409. The molecule has 0 aliphatic carbocycles. The summed E-state index contributed by atoms with van der Waals surface area (Å²) in [6, 6.07) is 16.3. The Bertz CT molecular complexity index is 687. The Hall–Kier alpha value is -2.37. The Morgan fingerprint density at radius 1 is 1.12 bits per heavy atom. The van der Waals surface area contributed by atoms with Crippen LogP contribution in [0.4, 0.5) is 0 Å². The second-order valence-corrected chi connectivity index (χ2v) is 6.20. The number of aliphatic hydroxyl groups is 1. The highest BCUT2D eigenvalue weighted by molar-refractivity contribution is 5.77. The van der Waals surface area contributed by atoms with Gasteiger partial charge in [0.2, 0.25) is 5.91 Å². The lowest BCUT2D eigenvalue weighted by molar-refractivity contribution is -0.149. The van der Waals surface area contributed by atoms with E-state index in [1.807, 2.05) is 47.4 Å². The first-order chi connectivity index (χ1) is 12.2. The van der Waals surface area contributed by atoms with Crippen LogP contribution in [0, 0.1) is 0 Å². The molecule has 1 fully saturated rings. The minimum Gasteiger partial charge on any atom is -0.508 e. The van der Waals surface area contributed by atoms with Crippen molar-refractivity contribution in [1.82, 2.24) is 4.90 Å². The fourth-order valence-electron chi connectivity index (χ4n) is 3.27. The first kappa shape index (κ1) is 17.5. The van der Waals surface area contributed by atoms with E-state index in [1.165, 1.54) is 0 Å². The second kappa shape index (κ2) is 8.14. The van der Waals surface area contributed by atoms with Crippen molar-refractivity contribution in [3.63, 3.8) is 0 Å². The second-order valence-electron chi connectivity index (χ2n) is 6.20. The fraction of sp³-hybridized carbons (Fsp3) is 0.350. The van der Waals surface area contributed by atoms with E-state index in [9.17, 15) is 15.0 Å². The average molecular weight is 341 g/mol. The number of rotatable bonds is 5. The van der Waals surface area contributed by atoms with Crippen molar-refractivity contribution in [3.8, 4) is 5.75 Å². The molecule has 132 valence electrons. The Kier molecular flexibility index (Phi) is 5.68. The number of hydrogen-bond donors (Lipinski definition) is 2. The van der Waals surface area contributed by atoms with Gasteiger partial charge in [-0.1, -0.05) is 42.5 Å². The zero-order valence-corrected chi connectivity index (χ0v) is 14.0. The van der Waals surface area contributed by atoms with Crippen LogP contribution in [0.3, 0.4) is 0 Å². The van der Waals surface area contributed by atoms with Crippen molar-refractivity contribution in [1.29, 1.82) is 0 Å². The predicted octanol–water partition coefficient (Wildman–Crippen LogP) is 2.29. The number of aliphatic hydroxyl groups excluding tert-OH is 1. The third-order valence-electron chi connectivity index (χ3n) is 4.56. The van der Waals surface area contributed by atoms with Gasteiger partial charge in [0.25, 0.3) is 0 Å². The lowest BCUT2D eigenvalue weighted by Gasteiger charge is -2.41. The van der Waals surface area contributed by atoms with Gasteiger partial charge >= 0.3 is 0 Å². The largest absolute Gasteiger partial charge is 0.508 e. The summed E-state index contributed by atoms with van der Waals surface area (Å²) >= 11 is 0. The molecule has 3 rings (SSSR count). The van der Waals surface area contributed by atoms with Crippen molar-refractivity contribution in [2.75, 3.05) is 19.8 Å². The molecule has 5 heteroatoms. The van der Waals surface area contributed by atoms with Crippen LogP contribution in [0.25, 0.3) is 0 Å². The minimum absolute atomic E-state index is 0.0451. The van der Waals surface area contributed by atoms with Gasteiger partial charge in [-0.05, 0) is 29.7 Å². The molecule has 2 N–H and O–H groups in total. The van der Waals surface area contributed by atoms with Gasteiger partial charge in [0.1, 0.15) is 11.9 Å². The van der Waals surface area contributed by atoms with E-state index in [2.05, 4.69) is 0 Å². The van der Waals surface area contributed by atoms with Gasteiger partial charge in [-0.2, -0.15) is 0 Å². The standard InChI is InChI=1S/C20H23NO4/c22-14-18-20(16-4-2-1-3-5-16)21(12-13-25-18)19(24)11-8-15-6-9-17(23)10-7-15/h1-7,9-10,18,20,22-23H,8,11-14H2/t18-,20-/m0/s1. The molecule has 1 saturated heterocycles. The fourth-order valence-corrected chi connectivity index (χ4v) is 3.27. The summed E-state index contributed by atoms with van der Waals surface area (Å²) in [6.45, 7) is 0.825. The summed E-state index contributed by atoms with van der Waals surface area (Å²) in [7, 11) is 0. The van der Waals surface area contributed by atoms with Gasteiger partial charge in [0.05, 0.1) is 19.3 Å². The van der Waals surface area contributed by atoms with Crippen LogP contribution >= 0.6 is 0 Å². The molecule has 0 spiro atoms. The first-order valence-corrected chi connectivity index (χ1v) is 8.54. The maximum absolute atomic E-state index is 12.8. The maximum Gasteiger partial charge on any atom is 0.223 e. The Balaban J connectivity index is 1.73. The zero-order chi connectivity index (χ0) is 17.6. The van der Waals surface area contributed by atoms with E-state index in [0.717, 1.165) is 11.1 Å². The number of carbonyl (C=O) groups is 1. The first-order valence-electron chi connectivity index (χ1n) is 8.54. The molecular weight excluding hydrogens is 318 g/mol. The highest BCUT2D eigenvalue weighted by atomic mass is 16.5. The van der Waals surface area contributed by atoms with Gasteiger partial charge < -0.3 is 19.8 Å². The molecule has 1 aliphatic heterocycles. The Morgan fingerprint density at radius 2 is 1.84 bits per heavy atom. The van der Waals surface area contributed by atoms with Crippen LogP contribution < -0.4 is 0 Å². The van der Waals surface area contributed by atoms with E-state index in [-0.39, 0.29) is 24.3 Å². The summed E-state index contributed by atoms with van der Waals surface area (Å²) in [4.78, 5) is 14.6. The molecule has 2 aromatic carbocycles. The molecule has 0 radical (unpaired) electrons. The Labute approximate surface area is 147 Å². The number of aromatic hydroxyl groups is 1. The summed E-state index contributed by atoms with van der Waals surface area (Å²) in [5.74, 6) is 0.266. The van der Waals surface area contributed by atoms with Crippen LogP contribution in [0.5, 0.6) is 5.75 Å². The number of phenolic OH excluding ortho intramolecular Hbond substituents is 1. The molecule has 0 saturated carbocycles. The van der Waals surface area contributed by atoms with E-state index in [4.69, 9.17) is 4.74 Å². The van der Waals surface area contributed by atoms with Crippen LogP contribution in [0.2, 0.25) is 0 Å². The summed E-state index contributed by atoms with van der Waals surface area (Å²) in [5, 5.41) is 19.0. The molecule has 1 aliphatic rings. The predicted molar refractivity (Wildman–Crippen MR) is 94.1 cm³/mol. The number of benzene rings is 2. The lowest BCUT2D eigenvalue weighted by atomic mass is 9.97. The van der Waals surface area contributed by atoms with Crippen molar-refractivity contribution in [3.05, 3.63) is 65.7 Å². The van der Waals surface area contributed by atoms with Crippen molar-refractivity contribution >= 4 is 5.91 Å². The molecular formula is C20H23NO4. The Morgan fingerprint density at radius 3 is 2.52 bits per heavy atom. The van der Waals surface area contributed by atoms with Crippen LogP contribution in [0.15, 0.2) is 54.6 Å². The smallest absolute Gasteiger partial charge is 0.223 e. The third-order valence-corrected chi connectivity index (χ3v) is 4.56. The number of amides is 1. The average Bonchev–Trinajstić information content (AvgIpc) is 2.67. The van der Waals surface area contributed by atoms with Crippen molar-refractivity contribution < 1.29 is 19.7 Å². The van der Waals surface area contributed by atoms with E-state index in [0.29, 0.717) is 26.0 Å². The van der Waals surface area contributed by atoms with Gasteiger partial charge in [-0.15, -0.1) is 0 Å². The monoisotopic (exact) mass is 341 g/mol. The summed E-state index contributed by atoms with van der Waals surface area (Å²) < 4.78 is 5.68. The number of carbonyl (C=O) groups excluding carboxylic acids is 1. The number of hydrogen-bond acceptors (Lipinski definition) is 4. The number of aryl methyl sites for hydroxylation is 1. The van der Waals surface area contributed by atoms with Crippen molar-refractivity contribution in [2.24, 2.45) is 0 Å². The highest BCUT2D eigenvalue weighted by Crippen LogP contribution is 2.30. The summed E-state index contributed by atoms with van der Waals surface area (Å²) in [5.41, 5.74) is 1.98. The molecule has 2 atom stereocenters. The highest BCUT2D eigenvalue weighted by Gasteiger charge is 2.35. The summed E-state index contributed by atoms with van der Waals surface area (Å²) in [6.07, 6.45) is 0.586. The molecule has 0 unspecified atom stereocenters. The van der Waals surface area contributed by atoms with Gasteiger partial charge in [-0.3, -0.25) is 4.79 Å². The van der Waals surface area contributed by atoms with Gasteiger partial charge in [0, 0.05) is 13.0 Å². The van der Waals surface area contributed by atoms with E-state index in [1.54, 1.807) is 12.1 Å². The third kappa shape index (κ3) is 4.18. The van der Waals surface area contributed by atoms with E-state index >= 15 is 0 Å². The number of phenols is 1. The zero-order valence-electron chi connectivity index (χ0n) is 14.0. The van der Waals surface area contributed by atoms with Crippen LogP contribution in [-0.4, -0.2) is 46.9 Å².